The standard InChI is InChI=1S/C77H36F3N11/c1-44-27-52(31-55(28-44)77(78,79)80)47-9-19-63(75(37-47)90-71-23-11-49(60-20-14-56(85-2)32-54(60)43-84)34-65(71)67-36-51(13-25-72(67)90)62-21-15-57(86-3)38-70(62)89-6)64-22-16-58(87-4)39-76(64)91-73-24-10-48(59-17-7-45(40-81)29-53(59)42-83)33-66(73)68-35-50(12-26-74(68)91)61-18-8-46(41-82)30-69(61)88-5/h7-39H,1H3. The number of fused-ring (bicyclic) bond motifs is 6. The summed E-state index contributed by atoms with van der Waals surface area (Å²) in [5, 5.41) is 43.2. The van der Waals surface area contributed by atoms with Crippen molar-refractivity contribution in [2.75, 3.05) is 0 Å². The van der Waals surface area contributed by atoms with Crippen LogP contribution in [0.15, 0.2) is 200 Å². The number of hydrogen-bond donors (Lipinski definition) is 0. The molecule has 0 aliphatic heterocycles. The number of rotatable bonds is 8. The molecule has 0 atom stereocenters. The first-order chi connectivity index (χ1) is 44.2. The molecule has 0 bridgehead atoms. The van der Waals surface area contributed by atoms with E-state index in [1.807, 2.05) is 100 Å². The molecule has 0 N–H and O–H groups in total. The van der Waals surface area contributed by atoms with Crippen LogP contribution in [0, 0.1) is 85.1 Å². The van der Waals surface area contributed by atoms with Crippen LogP contribution in [0.4, 0.5) is 41.6 Å². The Kier molecular flexibility index (Phi) is 13.8. The van der Waals surface area contributed by atoms with E-state index >= 15 is 0 Å². The lowest BCUT2D eigenvalue weighted by Gasteiger charge is -2.21. The predicted octanol–water partition coefficient (Wildman–Crippen LogP) is 21.5. The Labute approximate surface area is 519 Å². The molecule has 0 unspecified atom stereocenters. The summed E-state index contributed by atoms with van der Waals surface area (Å²) >= 11 is 0. The number of nitrogens with zero attached hydrogens (tertiary/aromatic N) is 11. The molecule has 2 aromatic heterocycles. The van der Waals surface area contributed by atoms with Crippen molar-refractivity contribution in [3.05, 3.63) is 291 Å². The van der Waals surface area contributed by atoms with Gasteiger partial charge in [-0.2, -0.15) is 34.2 Å². The molecule has 0 aliphatic rings. The van der Waals surface area contributed by atoms with Crippen molar-refractivity contribution in [2.45, 2.75) is 13.1 Å². The Bertz CT molecular complexity index is 5530. The van der Waals surface area contributed by atoms with Gasteiger partial charge >= 0.3 is 6.18 Å². The normalized spacial score (nSPS) is 11.0. The molecule has 13 aromatic rings. The summed E-state index contributed by atoms with van der Waals surface area (Å²) in [5.41, 5.74) is 12.8. The van der Waals surface area contributed by atoms with Crippen molar-refractivity contribution in [1.82, 2.24) is 9.13 Å². The highest BCUT2D eigenvalue weighted by Gasteiger charge is 2.32. The zero-order valence-corrected chi connectivity index (χ0v) is 47.6. The summed E-state index contributed by atoms with van der Waals surface area (Å²) in [6.45, 7) is 41.6. The highest BCUT2D eigenvalue weighted by atomic mass is 19.4. The second-order valence-corrected chi connectivity index (χ2v) is 21.5. The second-order valence-electron chi connectivity index (χ2n) is 21.5. The average molecular weight is 1170 g/mol. The lowest BCUT2D eigenvalue weighted by atomic mass is 9.94. The Balaban J connectivity index is 1.13. The van der Waals surface area contributed by atoms with Crippen molar-refractivity contribution in [1.29, 1.82) is 21.0 Å². The summed E-state index contributed by atoms with van der Waals surface area (Å²) in [6.07, 6.45) is -4.67. The number of hydrogen-bond acceptors (Lipinski definition) is 4. The Morgan fingerprint density at radius 2 is 0.736 bits per heavy atom. The number of halogens is 3. The van der Waals surface area contributed by atoms with Crippen LogP contribution in [0.25, 0.3) is 146 Å². The van der Waals surface area contributed by atoms with Crippen molar-refractivity contribution < 1.29 is 13.2 Å². The fraction of sp³-hybridized carbons (Fsp3) is 0.0260. The molecule has 0 radical (unpaired) electrons. The van der Waals surface area contributed by atoms with Gasteiger partial charge in [0.25, 0.3) is 0 Å². The molecule has 0 saturated carbocycles. The number of nitriles is 4. The third kappa shape index (κ3) is 9.68. The van der Waals surface area contributed by atoms with E-state index in [1.165, 1.54) is 18.2 Å². The molecule has 420 valence electrons. The van der Waals surface area contributed by atoms with Gasteiger partial charge in [-0.05, 0) is 171 Å². The maximum atomic E-state index is 14.8. The van der Waals surface area contributed by atoms with Gasteiger partial charge in [-0.25, -0.2) is 24.2 Å². The summed E-state index contributed by atoms with van der Waals surface area (Å²) in [5.74, 6) is 0. The van der Waals surface area contributed by atoms with Crippen molar-refractivity contribution in [3.8, 4) is 102 Å². The second kappa shape index (κ2) is 22.3. The number of aromatic nitrogens is 2. The van der Waals surface area contributed by atoms with Crippen LogP contribution < -0.4 is 0 Å². The van der Waals surface area contributed by atoms with E-state index in [1.54, 1.807) is 85.8 Å². The SMILES string of the molecule is [C-]#[N+]c1ccc(-c2ccc3c(c2)c2cc(-c4ccc([N+]#[C-])cc4[N+]#[C-])ccc2n3-c2cc(-c3cc(C)cc(C(F)(F)F)c3)ccc2-c2ccc([N+]#[C-])cc2-n2c3ccc(-c4ccc(C#N)cc4C#N)cc3c3cc(-c4ccc(C#N)cc4[N+]#[C-])ccc32)c(C#N)c1. The van der Waals surface area contributed by atoms with Gasteiger partial charge in [-0.3, -0.25) is 0 Å². The van der Waals surface area contributed by atoms with Crippen LogP contribution in [0.2, 0.25) is 0 Å². The van der Waals surface area contributed by atoms with Crippen LogP contribution in [-0.4, -0.2) is 9.13 Å². The number of benzene rings is 11. The van der Waals surface area contributed by atoms with Gasteiger partial charge in [0.2, 0.25) is 0 Å². The highest BCUT2D eigenvalue weighted by Crippen LogP contribution is 2.48. The molecule has 13 rings (SSSR count). The van der Waals surface area contributed by atoms with Gasteiger partial charge in [-0.1, -0.05) is 97.1 Å². The molecule has 0 amide bonds. The molecular weight excluding hydrogens is 1140 g/mol. The van der Waals surface area contributed by atoms with E-state index in [4.69, 9.17) is 32.9 Å². The van der Waals surface area contributed by atoms with Gasteiger partial charge in [0.15, 0.2) is 28.4 Å². The van der Waals surface area contributed by atoms with E-state index in [0.717, 1.165) is 22.9 Å². The third-order valence-corrected chi connectivity index (χ3v) is 16.4. The summed E-state index contributed by atoms with van der Waals surface area (Å²) in [7, 11) is 0. The van der Waals surface area contributed by atoms with Gasteiger partial charge < -0.3 is 9.13 Å². The number of alkyl halides is 3. The van der Waals surface area contributed by atoms with Gasteiger partial charge in [0.05, 0.1) is 102 Å². The van der Waals surface area contributed by atoms with E-state index in [-0.39, 0.29) is 28.2 Å². The molecule has 0 spiro atoms. The fourth-order valence-corrected chi connectivity index (χ4v) is 12.2. The summed E-state index contributed by atoms with van der Waals surface area (Å²) in [6, 6.07) is 66.3. The van der Waals surface area contributed by atoms with Crippen LogP contribution in [-0.2, 0) is 6.18 Å². The highest BCUT2D eigenvalue weighted by molar-refractivity contribution is 6.15. The molecule has 0 saturated heterocycles. The van der Waals surface area contributed by atoms with Crippen molar-refractivity contribution >= 4 is 72.0 Å². The minimum atomic E-state index is -4.67. The minimum absolute atomic E-state index is 0.263. The van der Waals surface area contributed by atoms with Crippen molar-refractivity contribution in [2.24, 2.45) is 0 Å². The predicted molar refractivity (Wildman–Crippen MR) is 348 cm³/mol. The van der Waals surface area contributed by atoms with Crippen LogP contribution in [0.5, 0.6) is 0 Å². The maximum Gasteiger partial charge on any atom is 0.416 e. The van der Waals surface area contributed by atoms with E-state index in [9.17, 15) is 34.2 Å². The first-order valence-electron chi connectivity index (χ1n) is 27.9. The Hall–Kier alpha value is -13.8. The smallest absolute Gasteiger partial charge is 0.310 e. The summed E-state index contributed by atoms with van der Waals surface area (Å²) in [4.78, 5) is 18.6. The molecule has 11 nitrogen and oxygen atoms in total. The fourth-order valence-electron chi connectivity index (χ4n) is 12.2. The molecule has 2 heterocycles. The molecule has 0 fully saturated rings. The van der Waals surface area contributed by atoms with Crippen molar-refractivity contribution in [3.63, 3.8) is 0 Å². The van der Waals surface area contributed by atoms with Gasteiger partial charge in [0.1, 0.15) is 0 Å². The lowest BCUT2D eigenvalue weighted by Crippen LogP contribution is -2.05. The average Bonchev–Trinajstić information content (AvgIpc) is 1.61. The third-order valence-electron chi connectivity index (χ3n) is 16.4. The molecule has 91 heavy (non-hydrogen) atoms. The van der Waals surface area contributed by atoms with E-state index < -0.39 is 11.7 Å². The molecule has 11 aromatic carbocycles. The van der Waals surface area contributed by atoms with Gasteiger partial charge in [-0.15, -0.1) is 0 Å². The van der Waals surface area contributed by atoms with E-state index in [2.05, 4.69) is 48.5 Å². The summed E-state index contributed by atoms with van der Waals surface area (Å²) < 4.78 is 48.3. The Morgan fingerprint density at radius 1 is 0.341 bits per heavy atom. The van der Waals surface area contributed by atoms with Gasteiger partial charge in [0, 0.05) is 49.5 Å². The van der Waals surface area contributed by atoms with E-state index in [0.29, 0.717) is 139 Å². The monoisotopic (exact) mass is 1170 g/mol. The zero-order valence-electron chi connectivity index (χ0n) is 47.6. The first-order valence-corrected chi connectivity index (χ1v) is 27.9. The zero-order chi connectivity index (χ0) is 63.4. The molecular formula is C77H36F3N11. The topological polar surface area (TPSA) is 127 Å². The van der Waals surface area contributed by atoms with Crippen LogP contribution >= 0.6 is 0 Å². The maximum absolute atomic E-state index is 14.8. The first kappa shape index (κ1) is 56.4. The largest absolute Gasteiger partial charge is 0.416 e. The quantitative estimate of drug-likeness (QED) is 0.140. The lowest BCUT2D eigenvalue weighted by molar-refractivity contribution is -0.137. The minimum Gasteiger partial charge on any atom is -0.310 e. The van der Waals surface area contributed by atoms with Crippen LogP contribution in [0.1, 0.15) is 33.4 Å². The Morgan fingerprint density at radius 3 is 1.22 bits per heavy atom. The molecule has 0 aliphatic carbocycles. The van der Waals surface area contributed by atoms with Crippen LogP contribution in [0.3, 0.4) is 0 Å². The number of aryl methyl sites for hydroxylation is 1. The molecule has 14 heteroatoms.